The number of hydrogen-bond donors (Lipinski definition) is 1. The molecule has 140 valence electrons. The van der Waals surface area contributed by atoms with E-state index in [1.165, 1.54) is 6.07 Å². The van der Waals surface area contributed by atoms with E-state index in [9.17, 15) is 19.7 Å². The fraction of sp³-hybridized carbons (Fsp3) is 0.100. The Balaban J connectivity index is 2.05. The summed E-state index contributed by atoms with van der Waals surface area (Å²) < 4.78 is 0. The SMILES string of the molecule is CCN1C(=O)c2cccc3c(Nc4ccccc4Cl)c([N+](=O)[O-])cc(c23)C1=O. The van der Waals surface area contributed by atoms with Crippen LogP contribution < -0.4 is 5.32 Å². The molecule has 28 heavy (non-hydrogen) atoms. The first-order valence-corrected chi connectivity index (χ1v) is 8.93. The zero-order chi connectivity index (χ0) is 20.0. The first-order valence-electron chi connectivity index (χ1n) is 8.56. The lowest BCUT2D eigenvalue weighted by molar-refractivity contribution is -0.383. The average Bonchev–Trinajstić information content (AvgIpc) is 2.68. The van der Waals surface area contributed by atoms with E-state index in [4.69, 9.17) is 11.6 Å². The topological polar surface area (TPSA) is 92.6 Å². The quantitative estimate of drug-likeness (QED) is 0.390. The van der Waals surface area contributed by atoms with E-state index in [-0.39, 0.29) is 23.5 Å². The number of para-hydroxylation sites is 1. The molecular formula is C20H14ClN3O4. The third kappa shape index (κ3) is 2.59. The number of rotatable bonds is 4. The molecule has 3 aromatic carbocycles. The fourth-order valence-electron chi connectivity index (χ4n) is 3.46. The van der Waals surface area contributed by atoms with Crippen molar-refractivity contribution < 1.29 is 14.5 Å². The van der Waals surface area contributed by atoms with Crippen LogP contribution in [0.1, 0.15) is 27.6 Å². The molecule has 7 nitrogen and oxygen atoms in total. The van der Waals surface area contributed by atoms with E-state index >= 15 is 0 Å². The molecule has 0 spiro atoms. The number of nitro groups is 1. The lowest BCUT2D eigenvalue weighted by Crippen LogP contribution is -2.40. The Morgan fingerprint density at radius 1 is 1.07 bits per heavy atom. The molecular weight excluding hydrogens is 382 g/mol. The smallest absolute Gasteiger partial charge is 0.294 e. The van der Waals surface area contributed by atoms with Crippen LogP contribution in [-0.2, 0) is 0 Å². The summed E-state index contributed by atoms with van der Waals surface area (Å²) in [4.78, 5) is 37.8. The number of nitrogens with one attached hydrogen (secondary N) is 1. The highest BCUT2D eigenvalue weighted by atomic mass is 35.5. The molecule has 3 aromatic rings. The standard InChI is InChI=1S/C20H14ClN3O4/c1-2-23-19(25)12-7-5-6-11-17(12)13(20(23)26)10-16(24(27)28)18(11)22-15-9-4-3-8-14(15)21/h3-10,22H,2H2,1H3. The van der Waals surface area contributed by atoms with Gasteiger partial charge in [0.15, 0.2) is 0 Å². The average molecular weight is 396 g/mol. The Morgan fingerprint density at radius 2 is 1.79 bits per heavy atom. The van der Waals surface area contributed by atoms with Crippen molar-refractivity contribution in [1.82, 2.24) is 4.90 Å². The summed E-state index contributed by atoms with van der Waals surface area (Å²) in [6.07, 6.45) is 0. The largest absolute Gasteiger partial charge is 0.348 e. The number of nitrogens with zero attached hydrogens (tertiary/aromatic N) is 2. The van der Waals surface area contributed by atoms with Crippen molar-refractivity contribution in [2.45, 2.75) is 6.92 Å². The zero-order valence-electron chi connectivity index (χ0n) is 14.7. The summed E-state index contributed by atoms with van der Waals surface area (Å²) >= 11 is 6.20. The lowest BCUT2D eigenvalue weighted by atomic mass is 9.92. The summed E-state index contributed by atoms with van der Waals surface area (Å²) in [6, 6.07) is 13.0. The van der Waals surface area contributed by atoms with Crippen LogP contribution >= 0.6 is 11.6 Å². The fourth-order valence-corrected chi connectivity index (χ4v) is 3.64. The van der Waals surface area contributed by atoms with Crippen LogP contribution in [0.15, 0.2) is 48.5 Å². The van der Waals surface area contributed by atoms with E-state index < -0.39 is 16.7 Å². The molecule has 1 N–H and O–H groups in total. The van der Waals surface area contributed by atoms with Crippen LogP contribution in [0.2, 0.25) is 5.02 Å². The van der Waals surface area contributed by atoms with Crippen molar-refractivity contribution in [3.05, 3.63) is 74.8 Å². The summed E-state index contributed by atoms with van der Waals surface area (Å²) in [7, 11) is 0. The zero-order valence-corrected chi connectivity index (χ0v) is 15.5. The van der Waals surface area contributed by atoms with E-state index in [1.54, 1.807) is 49.4 Å². The second kappa shape index (κ2) is 6.61. The van der Waals surface area contributed by atoms with Gasteiger partial charge in [-0.25, -0.2) is 0 Å². The number of halogens is 1. The normalized spacial score (nSPS) is 13.1. The van der Waals surface area contributed by atoms with E-state index in [2.05, 4.69) is 5.32 Å². The molecule has 8 heteroatoms. The van der Waals surface area contributed by atoms with Gasteiger partial charge in [0.2, 0.25) is 0 Å². The minimum Gasteiger partial charge on any atom is -0.348 e. The Labute approximate surface area is 164 Å². The first-order chi connectivity index (χ1) is 13.4. The predicted octanol–water partition coefficient (Wildman–Crippen LogP) is 4.76. The van der Waals surface area contributed by atoms with Gasteiger partial charge in [-0.05, 0) is 25.1 Å². The molecule has 0 bridgehead atoms. The molecule has 4 rings (SSSR count). The van der Waals surface area contributed by atoms with Crippen LogP contribution in [-0.4, -0.2) is 28.2 Å². The maximum Gasteiger partial charge on any atom is 0.294 e. The highest BCUT2D eigenvalue weighted by molar-refractivity contribution is 6.33. The Hall–Kier alpha value is -3.45. The van der Waals surface area contributed by atoms with Gasteiger partial charge in [0.25, 0.3) is 17.5 Å². The minimum absolute atomic E-state index is 0.142. The number of benzene rings is 3. The van der Waals surface area contributed by atoms with Gasteiger partial charge in [-0.15, -0.1) is 0 Å². The van der Waals surface area contributed by atoms with Gasteiger partial charge < -0.3 is 5.32 Å². The van der Waals surface area contributed by atoms with E-state index in [0.717, 1.165) is 4.90 Å². The van der Waals surface area contributed by atoms with Crippen molar-refractivity contribution in [2.75, 3.05) is 11.9 Å². The summed E-state index contributed by atoms with van der Waals surface area (Å²) in [5.74, 6) is -0.952. The number of amides is 2. The molecule has 0 radical (unpaired) electrons. The van der Waals surface area contributed by atoms with Gasteiger partial charge >= 0.3 is 0 Å². The first kappa shape index (κ1) is 17.9. The highest BCUT2D eigenvalue weighted by Gasteiger charge is 2.35. The highest BCUT2D eigenvalue weighted by Crippen LogP contribution is 2.42. The predicted molar refractivity (Wildman–Crippen MR) is 106 cm³/mol. The maximum absolute atomic E-state index is 12.8. The Bertz CT molecular complexity index is 1180. The van der Waals surface area contributed by atoms with Crippen molar-refractivity contribution >= 4 is 51.2 Å². The molecule has 0 saturated heterocycles. The molecule has 1 aliphatic heterocycles. The van der Waals surface area contributed by atoms with Crippen molar-refractivity contribution in [2.24, 2.45) is 0 Å². The van der Waals surface area contributed by atoms with Gasteiger partial charge in [0.1, 0.15) is 5.69 Å². The van der Waals surface area contributed by atoms with Gasteiger partial charge in [-0.2, -0.15) is 0 Å². The summed E-state index contributed by atoms with van der Waals surface area (Å²) in [5.41, 5.74) is 0.883. The molecule has 0 unspecified atom stereocenters. The van der Waals surface area contributed by atoms with Crippen molar-refractivity contribution in [3.63, 3.8) is 0 Å². The second-order valence-electron chi connectivity index (χ2n) is 6.26. The molecule has 1 heterocycles. The van der Waals surface area contributed by atoms with Crippen LogP contribution in [0.25, 0.3) is 10.8 Å². The number of carbonyl (C=O) groups is 2. The van der Waals surface area contributed by atoms with E-state index in [1.807, 2.05) is 0 Å². The van der Waals surface area contributed by atoms with Crippen LogP contribution in [0.5, 0.6) is 0 Å². The van der Waals surface area contributed by atoms with Gasteiger partial charge in [0, 0.05) is 28.9 Å². The number of imide groups is 1. The van der Waals surface area contributed by atoms with Crippen LogP contribution in [0.4, 0.5) is 17.1 Å². The molecule has 0 atom stereocenters. The Morgan fingerprint density at radius 3 is 2.46 bits per heavy atom. The number of anilines is 2. The molecule has 1 aliphatic rings. The van der Waals surface area contributed by atoms with Crippen molar-refractivity contribution in [1.29, 1.82) is 0 Å². The number of nitro benzene ring substituents is 1. The molecule has 0 saturated carbocycles. The minimum atomic E-state index is -0.554. The molecule has 0 fully saturated rings. The molecule has 0 aliphatic carbocycles. The van der Waals surface area contributed by atoms with E-state index in [0.29, 0.717) is 27.0 Å². The lowest BCUT2D eigenvalue weighted by Gasteiger charge is -2.26. The van der Waals surface area contributed by atoms with Gasteiger partial charge in [-0.1, -0.05) is 35.9 Å². The maximum atomic E-state index is 12.8. The van der Waals surface area contributed by atoms with Crippen LogP contribution in [0, 0.1) is 10.1 Å². The third-order valence-corrected chi connectivity index (χ3v) is 5.07. The molecule has 0 aromatic heterocycles. The summed E-state index contributed by atoms with van der Waals surface area (Å²) in [5, 5.41) is 16.0. The van der Waals surface area contributed by atoms with Crippen molar-refractivity contribution in [3.8, 4) is 0 Å². The number of hydrogen-bond acceptors (Lipinski definition) is 5. The monoisotopic (exact) mass is 395 g/mol. The number of carbonyl (C=O) groups excluding carboxylic acids is 2. The molecule has 2 amide bonds. The van der Waals surface area contributed by atoms with Crippen LogP contribution in [0.3, 0.4) is 0 Å². The van der Waals surface area contributed by atoms with Gasteiger partial charge in [-0.3, -0.25) is 24.6 Å². The third-order valence-electron chi connectivity index (χ3n) is 4.74. The summed E-state index contributed by atoms with van der Waals surface area (Å²) in [6.45, 7) is 1.86. The van der Waals surface area contributed by atoms with Gasteiger partial charge in [0.05, 0.1) is 21.2 Å². The Kier molecular flexibility index (Phi) is 4.24. The second-order valence-corrected chi connectivity index (χ2v) is 6.67.